The topological polar surface area (TPSA) is 90.3 Å². The van der Waals surface area contributed by atoms with Gasteiger partial charge in [0, 0.05) is 19.3 Å². The molecule has 0 unspecified atom stereocenters. The predicted octanol–water partition coefficient (Wildman–Crippen LogP) is 2.49. The molecular formula is C18H15F2N3O4S. The Hall–Kier alpha value is -3.27. The molecule has 0 atom stereocenters. The van der Waals surface area contributed by atoms with Crippen LogP contribution in [-0.2, 0) is 17.1 Å². The Morgan fingerprint density at radius 2 is 1.79 bits per heavy atom. The smallest absolute Gasteiger partial charge is 0.285 e. The van der Waals surface area contributed by atoms with Crippen molar-refractivity contribution in [3.63, 3.8) is 0 Å². The van der Waals surface area contributed by atoms with Gasteiger partial charge >= 0.3 is 0 Å². The van der Waals surface area contributed by atoms with E-state index in [9.17, 15) is 22.0 Å². The lowest BCUT2D eigenvalue weighted by molar-refractivity contribution is 0.0977. The number of ether oxygens (including phenoxy) is 1. The third-order valence-electron chi connectivity index (χ3n) is 3.87. The van der Waals surface area contributed by atoms with Gasteiger partial charge in [0.15, 0.2) is 0 Å². The van der Waals surface area contributed by atoms with E-state index in [1.54, 1.807) is 6.07 Å². The van der Waals surface area contributed by atoms with Crippen LogP contribution in [0.15, 0.2) is 53.6 Å². The summed E-state index contributed by atoms with van der Waals surface area (Å²) in [5.41, 5.74) is -0.730. The van der Waals surface area contributed by atoms with Crippen LogP contribution in [0.4, 0.5) is 8.78 Å². The first kappa shape index (κ1) is 19.5. The molecule has 3 aromatic rings. The first-order valence-electron chi connectivity index (χ1n) is 7.92. The number of aryl methyl sites for hydroxylation is 1. The summed E-state index contributed by atoms with van der Waals surface area (Å²) in [5.74, 6) is -2.61. The summed E-state index contributed by atoms with van der Waals surface area (Å²) in [7, 11) is -1.39. The number of carbonyl (C=O) groups is 1. The molecule has 0 saturated heterocycles. The summed E-state index contributed by atoms with van der Waals surface area (Å²) in [6, 6.07) is 8.85. The number of amides is 1. The summed E-state index contributed by atoms with van der Waals surface area (Å²) < 4.78 is 60.9. The highest BCUT2D eigenvalue weighted by atomic mass is 32.2. The zero-order valence-electron chi connectivity index (χ0n) is 14.8. The number of hydrogen-bond donors (Lipinski definition) is 1. The summed E-state index contributed by atoms with van der Waals surface area (Å²) in [4.78, 5) is 16.1. The zero-order valence-corrected chi connectivity index (χ0v) is 15.6. The Kier molecular flexibility index (Phi) is 5.14. The van der Waals surface area contributed by atoms with Crippen LogP contribution in [-0.4, -0.2) is 31.0 Å². The van der Waals surface area contributed by atoms with Crippen molar-refractivity contribution < 1.29 is 26.7 Å². The summed E-state index contributed by atoms with van der Waals surface area (Å²) in [6.45, 7) is 0. The maximum atomic E-state index is 14.0. The Morgan fingerprint density at radius 1 is 1.14 bits per heavy atom. The zero-order chi connectivity index (χ0) is 20.5. The van der Waals surface area contributed by atoms with E-state index < -0.39 is 33.1 Å². The van der Waals surface area contributed by atoms with Crippen molar-refractivity contribution in [1.29, 1.82) is 0 Å². The number of rotatable bonds is 5. The number of sulfonamides is 1. The van der Waals surface area contributed by atoms with Crippen LogP contribution in [0.2, 0.25) is 0 Å². The van der Waals surface area contributed by atoms with Gasteiger partial charge in [0.05, 0.1) is 17.6 Å². The van der Waals surface area contributed by atoms with Crippen molar-refractivity contribution in [2.24, 2.45) is 7.05 Å². The molecule has 1 heterocycles. The van der Waals surface area contributed by atoms with Crippen LogP contribution in [0.1, 0.15) is 10.5 Å². The minimum absolute atomic E-state index is 0.153. The Morgan fingerprint density at radius 3 is 2.43 bits per heavy atom. The third-order valence-corrected chi connectivity index (χ3v) is 5.20. The fourth-order valence-electron chi connectivity index (χ4n) is 2.52. The first-order valence-corrected chi connectivity index (χ1v) is 9.40. The average Bonchev–Trinajstić information content (AvgIpc) is 3.03. The van der Waals surface area contributed by atoms with E-state index >= 15 is 0 Å². The largest absolute Gasteiger partial charge is 0.497 e. The molecular weight excluding hydrogens is 392 g/mol. The molecule has 0 radical (unpaired) electrons. The van der Waals surface area contributed by atoms with Crippen molar-refractivity contribution >= 4 is 15.9 Å². The van der Waals surface area contributed by atoms with Crippen molar-refractivity contribution in [2.45, 2.75) is 4.90 Å². The van der Waals surface area contributed by atoms with Crippen LogP contribution in [0.5, 0.6) is 5.75 Å². The minimum Gasteiger partial charge on any atom is -0.497 e. The van der Waals surface area contributed by atoms with Crippen LogP contribution in [0, 0.1) is 11.6 Å². The van der Waals surface area contributed by atoms with Gasteiger partial charge < -0.3 is 9.30 Å². The molecule has 10 heteroatoms. The van der Waals surface area contributed by atoms with Gasteiger partial charge in [0.25, 0.3) is 15.9 Å². The molecule has 3 rings (SSSR count). The third kappa shape index (κ3) is 3.72. The van der Waals surface area contributed by atoms with Crippen LogP contribution in [0.3, 0.4) is 0 Å². The van der Waals surface area contributed by atoms with Gasteiger partial charge in [-0.3, -0.25) is 4.79 Å². The first-order chi connectivity index (χ1) is 13.2. The lowest BCUT2D eigenvalue weighted by atomic mass is 10.2. The number of benzene rings is 2. The van der Waals surface area contributed by atoms with Gasteiger partial charge in [-0.1, -0.05) is 12.1 Å². The molecule has 1 amide bonds. The fraction of sp³-hybridized carbons (Fsp3) is 0.111. The SMILES string of the molecule is COc1cccc(S(=O)(=O)NC(=O)c2cn(C)c(-c3c(F)cccc3F)n2)c1. The van der Waals surface area contributed by atoms with Gasteiger partial charge in [0.1, 0.15) is 28.9 Å². The fourth-order valence-corrected chi connectivity index (χ4v) is 3.52. The molecule has 0 aliphatic carbocycles. The van der Waals surface area contributed by atoms with Gasteiger partial charge in [0.2, 0.25) is 0 Å². The van der Waals surface area contributed by atoms with E-state index in [-0.39, 0.29) is 16.4 Å². The Bertz CT molecular complexity index is 1140. The number of nitrogens with zero attached hydrogens (tertiary/aromatic N) is 2. The highest BCUT2D eigenvalue weighted by Gasteiger charge is 2.23. The van der Waals surface area contributed by atoms with Crippen LogP contribution in [0.25, 0.3) is 11.4 Å². The second-order valence-corrected chi connectivity index (χ2v) is 7.45. The molecule has 0 aliphatic heterocycles. The molecule has 146 valence electrons. The van der Waals surface area contributed by atoms with Crippen molar-refractivity contribution in [3.8, 4) is 17.1 Å². The quantitative estimate of drug-likeness (QED) is 0.702. The van der Waals surface area contributed by atoms with Gasteiger partial charge in [-0.2, -0.15) is 0 Å². The number of carbonyl (C=O) groups excluding carboxylic acids is 1. The molecule has 0 bridgehead atoms. The number of nitrogens with one attached hydrogen (secondary N) is 1. The summed E-state index contributed by atoms with van der Waals surface area (Å²) >= 11 is 0. The standard InChI is InChI=1S/C18H15F2N3O4S/c1-23-10-15(21-17(23)16-13(19)7-4-8-14(16)20)18(24)22-28(25,26)12-6-3-5-11(9-12)27-2/h3-10H,1-2H3,(H,22,24). The second kappa shape index (κ2) is 7.39. The normalized spacial score (nSPS) is 11.3. The lowest BCUT2D eigenvalue weighted by Gasteiger charge is -2.07. The van der Waals surface area contributed by atoms with Crippen molar-refractivity contribution in [2.75, 3.05) is 7.11 Å². The van der Waals surface area contributed by atoms with E-state index in [0.717, 1.165) is 12.1 Å². The number of methoxy groups -OCH3 is 1. The average molecular weight is 407 g/mol. The van der Waals surface area contributed by atoms with E-state index in [1.165, 1.54) is 49.2 Å². The molecule has 7 nitrogen and oxygen atoms in total. The monoisotopic (exact) mass is 407 g/mol. The van der Waals surface area contributed by atoms with Crippen LogP contribution >= 0.6 is 0 Å². The van der Waals surface area contributed by atoms with E-state index in [4.69, 9.17) is 4.74 Å². The number of aromatic nitrogens is 2. The number of imidazole rings is 1. The Labute approximate surface area is 159 Å². The molecule has 2 aromatic carbocycles. The highest BCUT2D eigenvalue weighted by Crippen LogP contribution is 2.25. The summed E-state index contributed by atoms with van der Waals surface area (Å²) in [6.07, 6.45) is 1.18. The minimum atomic E-state index is -4.20. The molecule has 1 N–H and O–H groups in total. The molecule has 28 heavy (non-hydrogen) atoms. The highest BCUT2D eigenvalue weighted by molar-refractivity contribution is 7.90. The summed E-state index contributed by atoms with van der Waals surface area (Å²) in [5, 5.41) is 0. The predicted molar refractivity (Wildman–Crippen MR) is 96.2 cm³/mol. The number of hydrogen-bond acceptors (Lipinski definition) is 5. The molecule has 0 saturated carbocycles. The van der Waals surface area contributed by atoms with Gasteiger partial charge in [-0.15, -0.1) is 0 Å². The molecule has 0 fully saturated rings. The van der Waals surface area contributed by atoms with Gasteiger partial charge in [-0.05, 0) is 24.3 Å². The van der Waals surface area contributed by atoms with Crippen molar-refractivity contribution in [1.82, 2.24) is 14.3 Å². The van der Waals surface area contributed by atoms with Crippen molar-refractivity contribution in [3.05, 3.63) is 66.0 Å². The second-order valence-electron chi connectivity index (χ2n) is 5.77. The van der Waals surface area contributed by atoms with Crippen LogP contribution < -0.4 is 9.46 Å². The Balaban J connectivity index is 1.92. The molecule has 0 aliphatic rings. The maximum absolute atomic E-state index is 14.0. The van der Waals surface area contributed by atoms with E-state index in [2.05, 4.69) is 4.98 Å². The van der Waals surface area contributed by atoms with E-state index in [0.29, 0.717) is 5.75 Å². The van der Waals surface area contributed by atoms with E-state index in [1.807, 2.05) is 4.72 Å². The maximum Gasteiger partial charge on any atom is 0.285 e. The molecule has 1 aromatic heterocycles. The number of halogens is 2. The van der Waals surface area contributed by atoms with Gasteiger partial charge in [-0.25, -0.2) is 26.9 Å². The lowest BCUT2D eigenvalue weighted by Crippen LogP contribution is -2.30. The molecule has 0 spiro atoms.